The Bertz CT molecular complexity index is 498. The Morgan fingerprint density at radius 1 is 1.26 bits per heavy atom. The molecular weight excluding hydrogens is 242 g/mol. The lowest BCUT2D eigenvalue weighted by molar-refractivity contribution is -0.132. The van der Waals surface area contributed by atoms with Gasteiger partial charge in [-0.25, -0.2) is 0 Å². The summed E-state index contributed by atoms with van der Waals surface area (Å²) in [5.41, 5.74) is 1.02. The number of carbonyl (C=O) groups excluding carboxylic acids is 1. The molecule has 19 heavy (non-hydrogen) atoms. The molecule has 0 radical (unpaired) electrons. The van der Waals surface area contributed by atoms with Gasteiger partial charge in [-0.15, -0.1) is 0 Å². The predicted molar refractivity (Wildman–Crippen MR) is 69.1 cm³/mol. The third-order valence-corrected chi connectivity index (χ3v) is 2.58. The lowest BCUT2D eigenvalue weighted by atomic mass is 10.1. The van der Waals surface area contributed by atoms with Crippen LogP contribution >= 0.6 is 0 Å². The van der Waals surface area contributed by atoms with E-state index in [0.29, 0.717) is 5.75 Å². The molecule has 98 valence electrons. The highest BCUT2D eigenvalue weighted by atomic mass is 16.5. The van der Waals surface area contributed by atoms with Crippen molar-refractivity contribution >= 4 is 5.91 Å². The first kappa shape index (κ1) is 14.5. The van der Waals surface area contributed by atoms with Crippen molar-refractivity contribution in [2.24, 2.45) is 0 Å². The summed E-state index contributed by atoms with van der Waals surface area (Å²) in [5, 5.41) is 17.2. The normalized spacial score (nSPS) is 9.21. The number of hydrogen-bond acceptors (Lipinski definition) is 4. The number of carbonyl (C=O) groups is 1. The molecule has 1 aromatic rings. The van der Waals surface area contributed by atoms with Crippen LogP contribution in [0.15, 0.2) is 24.3 Å². The molecule has 0 aliphatic carbocycles. The van der Waals surface area contributed by atoms with Gasteiger partial charge in [0.2, 0.25) is 0 Å². The van der Waals surface area contributed by atoms with Crippen LogP contribution in [0.25, 0.3) is 0 Å². The zero-order valence-corrected chi connectivity index (χ0v) is 10.8. The summed E-state index contributed by atoms with van der Waals surface area (Å²) in [4.78, 5) is 13.0. The third kappa shape index (κ3) is 4.33. The van der Waals surface area contributed by atoms with Gasteiger partial charge in [0.25, 0.3) is 5.91 Å². The van der Waals surface area contributed by atoms with Gasteiger partial charge >= 0.3 is 0 Å². The van der Waals surface area contributed by atoms with E-state index in [9.17, 15) is 4.79 Å². The summed E-state index contributed by atoms with van der Waals surface area (Å²) in [6.45, 7) is 1.62. The highest BCUT2D eigenvalue weighted by Crippen LogP contribution is 2.18. The van der Waals surface area contributed by atoms with E-state index in [0.717, 1.165) is 16.9 Å². The Morgan fingerprint density at radius 2 is 1.89 bits per heavy atom. The molecule has 0 spiro atoms. The van der Waals surface area contributed by atoms with Crippen LogP contribution in [-0.4, -0.2) is 30.5 Å². The summed E-state index contributed by atoms with van der Waals surface area (Å²) in [5.74, 6) is 0.293. The number of nitrogens with zero attached hydrogens (tertiary/aromatic N) is 3. The summed E-state index contributed by atoms with van der Waals surface area (Å²) in [6.07, 6.45) is 0.810. The molecule has 1 amide bonds. The first-order chi connectivity index (χ1) is 9.22. The van der Waals surface area contributed by atoms with E-state index in [-0.39, 0.29) is 25.6 Å². The predicted octanol–water partition coefficient (Wildman–Crippen LogP) is 1.50. The van der Waals surface area contributed by atoms with Crippen LogP contribution in [0.3, 0.4) is 0 Å². The SMILES string of the molecule is CCc1ccccc1OCC(=O)N(CC#N)CC#N. The van der Waals surface area contributed by atoms with E-state index in [1.165, 1.54) is 0 Å². The lowest BCUT2D eigenvalue weighted by Crippen LogP contribution is -2.35. The van der Waals surface area contributed by atoms with Gasteiger partial charge in [0.05, 0.1) is 12.1 Å². The molecule has 1 aromatic carbocycles. The summed E-state index contributed by atoms with van der Waals surface area (Å²) in [7, 11) is 0. The monoisotopic (exact) mass is 257 g/mol. The fourth-order valence-corrected chi connectivity index (χ4v) is 1.57. The molecule has 0 bridgehead atoms. The molecule has 0 unspecified atom stereocenters. The topological polar surface area (TPSA) is 77.1 Å². The van der Waals surface area contributed by atoms with Crippen molar-refractivity contribution in [3.05, 3.63) is 29.8 Å². The number of ether oxygens (including phenoxy) is 1. The summed E-state index contributed by atoms with van der Waals surface area (Å²) in [6, 6.07) is 11.2. The molecule has 0 aromatic heterocycles. The molecule has 0 fully saturated rings. The summed E-state index contributed by atoms with van der Waals surface area (Å²) >= 11 is 0. The Morgan fingerprint density at radius 3 is 2.47 bits per heavy atom. The van der Waals surface area contributed by atoms with E-state index in [1.54, 1.807) is 6.07 Å². The minimum Gasteiger partial charge on any atom is -0.483 e. The molecule has 0 aliphatic heterocycles. The molecule has 5 nitrogen and oxygen atoms in total. The minimum atomic E-state index is -0.367. The Labute approximate surface area is 112 Å². The molecule has 0 N–H and O–H groups in total. The fourth-order valence-electron chi connectivity index (χ4n) is 1.57. The van der Waals surface area contributed by atoms with Crippen LogP contribution < -0.4 is 4.74 Å². The van der Waals surface area contributed by atoms with Crippen molar-refractivity contribution in [1.82, 2.24) is 4.90 Å². The molecule has 0 saturated carbocycles. The molecule has 5 heteroatoms. The highest BCUT2D eigenvalue weighted by molar-refractivity contribution is 5.78. The molecule has 1 rings (SSSR count). The number of para-hydroxylation sites is 1. The highest BCUT2D eigenvalue weighted by Gasteiger charge is 2.13. The second-order valence-electron chi connectivity index (χ2n) is 3.82. The zero-order valence-electron chi connectivity index (χ0n) is 10.8. The summed E-state index contributed by atoms with van der Waals surface area (Å²) < 4.78 is 5.45. The van der Waals surface area contributed by atoms with Crippen LogP contribution in [0.2, 0.25) is 0 Å². The van der Waals surface area contributed by atoms with Crippen LogP contribution in [-0.2, 0) is 11.2 Å². The quantitative estimate of drug-likeness (QED) is 0.724. The van der Waals surface area contributed by atoms with E-state index >= 15 is 0 Å². The number of amides is 1. The smallest absolute Gasteiger partial charge is 0.262 e. The van der Waals surface area contributed by atoms with Gasteiger partial charge in [-0.2, -0.15) is 10.5 Å². The minimum absolute atomic E-state index is 0.106. The average molecular weight is 257 g/mol. The van der Waals surface area contributed by atoms with Crippen LogP contribution in [0.4, 0.5) is 0 Å². The van der Waals surface area contributed by atoms with E-state index in [2.05, 4.69) is 0 Å². The largest absolute Gasteiger partial charge is 0.483 e. The Kier molecular flexibility index (Phi) is 5.91. The molecule has 0 heterocycles. The van der Waals surface area contributed by atoms with Gasteiger partial charge in [0.15, 0.2) is 6.61 Å². The maximum Gasteiger partial charge on any atom is 0.262 e. The molecule has 0 atom stereocenters. The van der Waals surface area contributed by atoms with Crippen LogP contribution in [0.5, 0.6) is 5.75 Å². The van der Waals surface area contributed by atoms with Crippen molar-refractivity contribution < 1.29 is 9.53 Å². The number of hydrogen-bond donors (Lipinski definition) is 0. The third-order valence-electron chi connectivity index (χ3n) is 2.58. The number of benzene rings is 1. The van der Waals surface area contributed by atoms with Gasteiger partial charge in [-0.3, -0.25) is 4.79 Å². The second-order valence-corrected chi connectivity index (χ2v) is 3.82. The Balaban J connectivity index is 2.63. The molecule has 0 aliphatic rings. The Hall–Kier alpha value is -2.53. The zero-order chi connectivity index (χ0) is 14.1. The first-order valence-corrected chi connectivity index (χ1v) is 5.95. The average Bonchev–Trinajstić information content (AvgIpc) is 2.44. The molecule has 0 saturated heterocycles. The number of rotatable bonds is 6. The van der Waals surface area contributed by atoms with E-state index in [4.69, 9.17) is 15.3 Å². The number of nitriles is 2. The van der Waals surface area contributed by atoms with Crippen molar-refractivity contribution in [3.8, 4) is 17.9 Å². The standard InChI is InChI=1S/C14H15N3O2/c1-2-12-5-3-4-6-13(12)19-11-14(18)17(9-7-15)10-8-16/h3-6H,2,9-11H2,1H3. The van der Waals surface area contributed by atoms with E-state index < -0.39 is 0 Å². The van der Waals surface area contributed by atoms with Crippen molar-refractivity contribution in [1.29, 1.82) is 10.5 Å². The fraction of sp³-hybridized carbons (Fsp3) is 0.357. The van der Waals surface area contributed by atoms with Crippen LogP contribution in [0, 0.1) is 22.7 Å². The van der Waals surface area contributed by atoms with Crippen molar-refractivity contribution in [2.75, 3.05) is 19.7 Å². The van der Waals surface area contributed by atoms with Crippen molar-refractivity contribution in [3.63, 3.8) is 0 Å². The molecular formula is C14H15N3O2. The van der Waals surface area contributed by atoms with Crippen LogP contribution in [0.1, 0.15) is 12.5 Å². The maximum absolute atomic E-state index is 11.8. The van der Waals surface area contributed by atoms with Gasteiger partial charge in [0, 0.05) is 0 Å². The van der Waals surface area contributed by atoms with Gasteiger partial charge in [0.1, 0.15) is 18.8 Å². The van der Waals surface area contributed by atoms with Gasteiger partial charge in [-0.1, -0.05) is 25.1 Å². The first-order valence-electron chi connectivity index (χ1n) is 5.95. The second kappa shape index (κ2) is 7.73. The maximum atomic E-state index is 11.8. The van der Waals surface area contributed by atoms with Crippen molar-refractivity contribution in [2.45, 2.75) is 13.3 Å². The van der Waals surface area contributed by atoms with Gasteiger partial charge < -0.3 is 9.64 Å². The van der Waals surface area contributed by atoms with E-state index in [1.807, 2.05) is 37.3 Å². The lowest BCUT2D eigenvalue weighted by Gasteiger charge is -2.16. The number of aryl methyl sites for hydroxylation is 1. The van der Waals surface area contributed by atoms with Gasteiger partial charge in [-0.05, 0) is 18.1 Å².